The molecule has 0 saturated carbocycles. The Balaban J connectivity index is 3.05. The van der Waals surface area contributed by atoms with E-state index in [4.69, 9.17) is 11.1 Å². The highest BCUT2D eigenvalue weighted by molar-refractivity contribution is 9.10. The minimum absolute atomic E-state index is 0.236. The van der Waals surface area contributed by atoms with Gasteiger partial charge in [-0.2, -0.15) is 13.2 Å². The lowest BCUT2D eigenvalue weighted by Gasteiger charge is -2.19. The van der Waals surface area contributed by atoms with Gasteiger partial charge in [0.2, 0.25) is 0 Å². The molecule has 1 aromatic rings. The molecule has 21 heavy (non-hydrogen) atoms. The number of nitrogens with two attached hydrogens (primary N) is 1. The third-order valence-corrected chi connectivity index (χ3v) is 2.98. The summed E-state index contributed by atoms with van der Waals surface area (Å²) in [7, 11) is 0. The number of nitrogens with zero attached hydrogens (tertiary/aromatic N) is 1. The predicted molar refractivity (Wildman–Crippen MR) is 67.7 cm³/mol. The standard InChI is InChI=1S/C10H8BrF4N3O3/c11-5-1-7(18(19)20)8(2-6(5)12)21-3-4(9(16)17)10(13,14)15/h1-2,4H,3H2,(H3,16,17). The van der Waals surface area contributed by atoms with E-state index in [1.165, 1.54) is 0 Å². The van der Waals surface area contributed by atoms with Crippen LogP contribution in [0.1, 0.15) is 0 Å². The molecule has 3 N–H and O–H groups in total. The summed E-state index contributed by atoms with van der Waals surface area (Å²) in [5.74, 6) is -5.27. The zero-order chi connectivity index (χ0) is 16.4. The molecule has 1 rings (SSSR count). The third kappa shape index (κ3) is 4.28. The van der Waals surface area contributed by atoms with Gasteiger partial charge in [0.25, 0.3) is 0 Å². The fourth-order valence-electron chi connectivity index (χ4n) is 1.31. The summed E-state index contributed by atoms with van der Waals surface area (Å²) in [4.78, 5) is 9.82. The van der Waals surface area contributed by atoms with E-state index in [1.54, 1.807) is 0 Å². The van der Waals surface area contributed by atoms with Gasteiger partial charge in [0, 0.05) is 12.1 Å². The first-order valence-corrected chi connectivity index (χ1v) is 6.00. The molecule has 1 unspecified atom stereocenters. The van der Waals surface area contributed by atoms with Crippen molar-refractivity contribution in [2.75, 3.05) is 6.61 Å². The van der Waals surface area contributed by atoms with E-state index < -0.39 is 46.7 Å². The number of amidine groups is 1. The molecule has 0 heterocycles. The summed E-state index contributed by atoms with van der Waals surface area (Å²) in [5.41, 5.74) is 4.09. The Bertz CT molecular complexity index is 579. The molecule has 0 bridgehead atoms. The summed E-state index contributed by atoms with van der Waals surface area (Å²) < 4.78 is 55.4. The SMILES string of the molecule is N=C(N)C(COc1cc(F)c(Br)cc1[N+](=O)[O-])C(F)(F)F. The summed E-state index contributed by atoms with van der Waals surface area (Å²) >= 11 is 2.71. The van der Waals surface area contributed by atoms with Gasteiger partial charge in [0.15, 0.2) is 5.75 Å². The van der Waals surface area contributed by atoms with Crippen LogP contribution in [0.15, 0.2) is 16.6 Å². The Kier molecular flexibility index (Phi) is 5.10. The zero-order valence-corrected chi connectivity index (χ0v) is 11.7. The van der Waals surface area contributed by atoms with E-state index in [-0.39, 0.29) is 4.47 Å². The third-order valence-electron chi connectivity index (χ3n) is 2.37. The molecule has 0 aliphatic rings. The molecule has 0 aromatic heterocycles. The molecule has 0 amide bonds. The van der Waals surface area contributed by atoms with Gasteiger partial charge in [0.1, 0.15) is 24.2 Å². The number of nitro benzene ring substituents is 1. The Hall–Kier alpha value is -1.91. The largest absolute Gasteiger partial charge is 0.486 e. The minimum atomic E-state index is -4.85. The van der Waals surface area contributed by atoms with Crippen LogP contribution in [0.25, 0.3) is 0 Å². The number of hydrogen-bond acceptors (Lipinski definition) is 4. The van der Waals surface area contributed by atoms with E-state index in [0.29, 0.717) is 6.07 Å². The molecule has 0 radical (unpaired) electrons. The average Bonchev–Trinajstić information content (AvgIpc) is 2.30. The van der Waals surface area contributed by atoms with Gasteiger partial charge < -0.3 is 10.5 Å². The van der Waals surface area contributed by atoms with Crippen LogP contribution < -0.4 is 10.5 Å². The Morgan fingerprint density at radius 2 is 2.10 bits per heavy atom. The molecule has 0 aliphatic carbocycles. The van der Waals surface area contributed by atoms with Crippen LogP contribution in [-0.2, 0) is 0 Å². The maximum absolute atomic E-state index is 13.3. The normalized spacial score (nSPS) is 12.8. The number of rotatable bonds is 5. The average molecular weight is 374 g/mol. The van der Waals surface area contributed by atoms with Gasteiger partial charge in [0.05, 0.1) is 9.40 Å². The summed E-state index contributed by atoms with van der Waals surface area (Å²) in [6.45, 7) is -1.17. The lowest BCUT2D eigenvalue weighted by molar-refractivity contribution is -0.386. The van der Waals surface area contributed by atoms with Gasteiger partial charge in [-0.25, -0.2) is 4.39 Å². The molecule has 1 atom stereocenters. The van der Waals surface area contributed by atoms with Gasteiger partial charge in [-0.1, -0.05) is 0 Å². The zero-order valence-electron chi connectivity index (χ0n) is 10.1. The van der Waals surface area contributed by atoms with Crippen molar-refractivity contribution in [3.63, 3.8) is 0 Å². The Morgan fingerprint density at radius 3 is 2.52 bits per heavy atom. The number of hydrogen-bond donors (Lipinski definition) is 2. The fourth-order valence-corrected chi connectivity index (χ4v) is 1.64. The maximum Gasteiger partial charge on any atom is 0.401 e. The smallest absolute Gasteiger partial charge is 0.401 e. The molecule has 0 saturated heterocycles. The molecular weight excluding hydrogens is 366 g/mol. The van der Waals surface area contributed by atoms with E-state index in [0.717, 1.165) is 6.07 Å². The van der Waals surface area contributed by atoms with Crippen LogP contribution >= 0.6 is 15.9 Å². The highest BCUT2D eigenvalue weighted by Crippen LogP contribution is 2.34. The lowest BCUT2D eigenvalue weighted by Crippen LogP contribution is -2.39. The number of halogens is 5. The van der Waals surface area contributed by atoms with Gasteiger partial charge >= 0.3 is 11.9 Å². The van der Waals surface area contributed by atoms with Crippen molar-refractivity contribution in [1.82, 2.24) is 0 Å². The van der Waals surface area contributed by atoms with Gasteiger partial charge in [-0.15, -0.1) is 0 Å². The van der Waals surface area contributed by atoms with Gasteiger partial charge in [-0.3, -0.25) is 15.5 Å². The molecule has 1 aromatic carbocycles. The van der Waals surface area contributed by atoms with Crippen molar-refractivity contribution in [1.29, 1.82) is 5.41 Å². The molecule has 0 aliphatic heterocycles. The van der Waals surface area contributed by atoms with Crippen LogP contribution in [0, 0.1) is 27.3 Å². The monoisotopic (exact) mass is 373 g/mol. The fraction of sp³-hybridized carbons (Fsp3) is 0.300. The first kappa shape index (κ1) is 17.1. The van der Waals surface area contributed by atoms with Crippen LogP contribution in [-0.4, -0.2) is 23.5 Å². The molecule has 11 heteroatoms. The number of alkyl halides is 3. The first-order valence-electron chi connectivity index (χ1n) is 5.21. The molecule has 0 fully saturated rings. The number of benzene rings is 1. The van der Waals surface area contributed by atoms with Crippen molar-refractivity contribution in [2.24, 2.45) is 11.7 Å². The van der Waals surface area contributed by atoms with E-state index in [1.807, 2.05) is 0 Å². The van der Waals surface area contributed by atoms with Crippen molar-refractivity contribution in [3.8, 4) is 5.75 Å². The highest BCUT2D eigenvalue weighted by Gasteiger charge is 2.43. The topological polar surface area (TPSA) is 102 Å². The minimum Gasteiger partial charge on any atom is -0.486 e. The van der Waals surface area contributed by atoms with E-state index in [2.05, 4.69) is 20.7 Å². The quantitative estimate of drug-likeness (QED) is 0.272. The van der Waals surface area contributed by atoms with Crippen LogP contribution in [0.5, 0.6) is 5.75 Å². The number of nitro groups is 1. The van der Waals surface area contributed by atoms with E-state index in [9.17, 15) is 27.7 Å². The molecule has 116 valence electrons. The van der Waals surface area contributed by atoms with Crippen molar-refractivity contribution in [3.05, 3.63) is 32.5 Å². The highest BCUT2D eigenvalue weighted by atomic mass is 79.9. The first-order chi connectivity index (χ1) is 9.54. The Morgan fingerprint density at radius 1 is 1.52 bits per heavy atom. The van der Waals surface area contributed by atoms with Crippen LogP contribution in [0.2, 0.25) is 0 Å². The second-order valence-electron chi connectivity index (χ2n) is 3.85. The summed E-state index contributed by atoms with van der Waals surface area (Å²) in [6, 6.07) is 1.34. The second kappa shape index (κ2) is 6.24. The van der Waals surface area contributed by atoms with Crippen molar-refractivity contribution < 1.29 is 27.2 Å². The molecular formula is C10H8BrF4N3O3. The van der Waals surface area contributed by atoms with Crippen LogP contribution in [0.3, 0.4) is 0 Å². The lowest BCUT2D eigenvalue weighted by atomic mass is 10.1. The van der Waals surface area contributed by atoms with Crippen LogP contribution in [0.4, 0.5) is 23.2 Å². The predicted octanol–water partition coefficient (Wildman–Crippen LogP) is 2.99. The molecule has 0 spiro atoms. The number of ether oxygens (including phenoxy) is 1. The van der Waals surface area contributed by atoms with E-state index >= 15 is 0 Å². The number of nitrogens with one attached hydrogen (secondary N) is 1. The van der Waals surface area contributed by atoms with Crippen molar-refractivity contribution >= 4 is 27.5 Å². The Labute approximate surface area is 123 Å². The molecule has 6 nitrogen and oxygen atoms in total. The summed E-state index contributed by atoms with van der Waals surface area (Å²) in [6.07, 6.45) is -4.85. The second-order valence-corrected chi connectivity index (χ2v) is 4.71. The maximum atomic E-state index is 13.3. The van der Waals surface area contributed by atoms with Gasteiger partial charge in [-0.05, 0) is 15.9 Å². The van der Waals surface area contributed by atoms with Crippen molar-refractivity contribution in [2.45, 2.75) is 6.18 Å². The summed E-state index contributed by atoms with van der Waals surface area (Å²) in [5, 5.41) is 17.6.